The number of thioether (sulfide) groups is 12. The molecule has 540 valence electrons. The average Bonchev–Trinajstić information content (AvgIpc) is 1.68. The molecule has 0 amide bonds. The predicted molar refractivity (Wildman–Crippen MR) is 387 cm³/mol. The first kappa shape index (κ1) is 81.7. The highest BCUT2D eigenvalue weighted by atomic mass is 32.2. The Hall–Kier alpha value is -1.60. The number of nitrogens with zero attached hydrogens (tertiary/aromatic N) is 6. The second-order valence-electron chi connectivity index (χ2n) is 23.6. The predicted octanol–water partition coefficient (Wildman–Crippen LogP) is 5.93. The van der Waals surface area contributed by atoms with Crippen molar-refractivity contribution >= 4 is 212 Å². The van der Waals surface area contributed by atoms with E-state index in [4.69, 9.17) is 30.3 Å². The van der Waals surface area contributed by atoms with E-state index in [0.717, 1.165) is 81.9 Å². The van der Waals surface area contributed by atoms with E-state index in [9.17, 15) is 62.6 Å². The van der Waals surface area contributed by atoms with Crippen LogP contribution in [0.25, 0.3) is 0 Å². The Labute approximate surface area is 609 Å². The molecule has 12 bridgehead atoms. The molecule has 6 N–H and O–H groups in total. The van der Waals surface area contributed by atoms with Crippen molar-refractivity contribution in [3.8, 4) is 0 Å². The lowest BCUT2D eigenvalue weighted by atomic mass is 10.0. The minimum Gasteiger partial charge on any atom is -0.481 e. The zero-order valence-corrected chi connectivity index (χ0v) is 63.7. The maximum atomic E-state index is 11.8. The number of rotatable bonds is 28. The second-order valence-corrected chi connectivity index (χ2v) is 38.2. The standard InChI is InChI=1S/C12H19NO2S2.C11H17NO3S2.C10H15NO4S2.C9H13NO4S2.C9H13NO3S2.C7H9NO4S2/c1-8(14)4-3-5-10(9(2)15)13-11-6-16-12(13)7-17-11;1-7(13)8(3-4-11(14)15-2)12-9-5-16-10(12)6-17-9;12-9(13)3-1-2-6(10(14)15)11-7-4-16-8(11)5-17-7;11-8(12)2-1-5(9(13)14)10-6-3-15-7(10)4-16-6;1-5(11)8(9(12)13-2)10-6-3-14-7(10)4-15-6;9-6(10)5(7(11)12)8-3-1-13-4(8)2-14-3/h10-12H,3-7H2,1-2H3;8-10H,3-6H2,1-2H3;6-8H,1-5H2,(H,12,13)(H,14,15);5-7H,1-4H2,(H,11,12)(H,13,14);6-8H,3-4H2,1-2H3;3-5H,1-2H2,(H,9,10)(H,11,12). The summed E-state index contributed by atoms with van der Waals surface area (Å²) >= 11 is 21.9. The van der Waals surface area contributed by atoms with Gasteiger partial charge in [-0.1, -0.05) is 0 Å². The van der Waals surface area contributed by atoms with Gasteiger partial charge in [0.1, 0.15) is 29.4 Å². The molecule has 12 heterocycles. The van der Waals surface area contributed by atoms with E-state index in [1.165, 1.54) is 21.1 Å². The molecule has 0 aromatic rings. The van der Waals surface area contributed by atoms with Gasteiger partial charge in [-0.05, 0) is 66.2 Å². The summed E-state index contributed by atoms with van der Waals surface area (Å²) < 4.78 is 9.32. The van der Waals surface area contributed by atoms with Crippen LogP contribution in [0.3, 0.4) is 0 Å². The van der Waals surface area contributed by atoms with Gasteiger partial charge in [-0.3, -0.25) is 67.8 Å². The van der Waals surface area contributed by atoms with Gasteiger partial charge < -0.3 is 44.9 Å². The van der Waals surface area contributed by atoms with Crippen LogP contribution in [0.1, 0.15) is 91.9 Å². The fourth-order valence-corrected chi connectivity index (χ4v) is 33.0. The van der Waals surface area contributed by atoms with Gasteiger partial charge in [0.05, 0.1) is 90.8 Å². The summed E-state index contributed by atoms with van der Waals surface area (Å²) in [5.41, 5.74) is 0. The van der Waals surface area contributed by atoms with Crippen molar-refractivity contribution in [1.29, 1.82) is 0 Å². The summed E-state index contributed by atoms with van der Waals surface area (Å²) in [5, 5.41) is 57.0. The third-order valence-electron chi connectivity index (χ3n) is 17.3. The van der Waals surface area contributed by atoms with E-state index in [2.05, 4.69) is 19.4 Å². The minimum atomic E-state index is -1.38. The minimum absolute atomic E-state index is 0.0364. The number of carboxylic acid groups (broad SMARTS) is 6. The van der Waals surface area contributed by atoms with Crippen LogP contribution in [0.5, 0.6) is 0 Å². The Bertz CT molecular complexity index is 2600. The lowest BCUT2D eigenvalue weighted by Gasteiger charge is -2.28. The molecule has 12 fully saturated rings. The van der Waals surface area contributed by atoms with Crippen LogP contribution < -0.4 is 0 Å². The van der Waals surface area contributed by atoms with Gasteiger partial charge in [0, 0.05) is 94.7 Å². The van der Waals surface area contributed by atoms with Crippen LogP contribution in [0.2, 0.25) is 0 Å². The smallest absolute Gasteiger partial charge is 0.332 e. The fraction of sp³-hybridized carbons (Fsp3) is 0.793. The van der Waals surface area contributed by atoms with Crippen LogP contribution >= 0.6 is 141 Å². The van der Waals surface area contributed by atoms with Gasteiger partial charge >= 0.3 is 47.8 Å². The van der Waals surface area contributed by atoms with Crippen LogP contribution in [-0.2, 0) is 67.0 Å². The average molecular weight is 1570 g/mol. The van der Waals surface area contributed by atoms with E-state index in [1.54, 1.807) is 72.7 Å². The molecule has 12 aliphatic heterocycles. The van der Waals surface area contributed by atoms with Crippen LogP contribution in [0.15, 0.2) is 0 Å². The molecule has 12 aliphatic rings. The van der Waals surface area contributed by atoms with E-state index in [-0.39, 0.29) is 81.9 Å². The highest BCUT2D eigenvalue weighted by molar-refractivity contribution is 8.10. The molecule has 96 heavy (non-hydrogen) atoms. The summed E-state index contributed by atoms with van der Waals surface area (Å²) in [6.07, 6.45) is 4.20. The Balaban J connectivity index is 0.000000163. The lowest BCUT2D eigenvalue weighted by Crippen LogP contribution is -2.49. The lowest BCUT2D eigenvalue weighted by molar-refractivity contribution is -0.157. The number of hydrogen-bond acceptors (Lipinski definition) is 32. The van der Waals surface area contributed by atoms with Gasteiger partial charge in [-0.15, -0.1) is 141 Å². The normalized spacial score (nSPS) is 30.2. The number of Topliss-reactive ketones (excluding diaryl/α,β-unsaturated/α-hetero) is 4. The molecule has 0 saturated carbocycles. The van der Waals surface area contributed by atoms with E-state index in [1.807, 2.05) is 104 Å². The van der Waals surface area contributed by atoms with E-state index >= 15 is 0 Å². The molecule has 0 aromatic carbocycles. The van der Waals surface area contributed by atoms with Gasteiger partial charge in [0.25, 0.3) is 0 Å². The quantitative estimate of drug-likeness (QED) is 0.0390. The molecule has 0 aromatic heterocycles. The monoisotopic (exact) mass is 1570 g/mol. The zero-order valence-electron chi connectivity index (χ0n) is 53.9. The Morgan fingerprint density at radius 2 is 0.594 bits per heavy atom. The van der Waals surface area contributed by atoms with Crippen LogP contribution in [0, 0.1) is 0 Å². The molecule has 0 aliphatic carbocycles. The van der Waals surface area contributed by atoms with E-state index in [0.29, 0.717) is 75.1 Å². The maximum Gasteiger partial charge on any atom is 0.332 e. The molecule has 17 atom stereocenters. The van der Waals surface area contributed by atoms with Gasteiger partial charge in [0.15, 0.2) is 11.8 Å². The zero-order chi connectivity index (χ0) is 70.2. The SMILES string of the molecule is CC(=O)CCCC(C(C)=O)N1C2CSC1CS2.COC(=O)C(C(C)=O)N1C2CSC1CS2.COC(=O)CCC(C(C)=O)N1C2CSC1CS2.O=C(O)C(C(=O)O)N1C2CSC1CS2.O=C(O)CCC(C(=O)O)N1C2CSC1CS2.O=C(O)CCCC(C(=O)O)N1C2CSC1CS2. The number of hydrogen-bond donors (Lipinski definition) is 6. The van der Waals surface area contributed by atoms with Crippen LogP contribution in [-0.4, -0.2) is 315 Å². The van der Waals surface area contributed by atoms with E-state index < -0.39 is 66.0 Å². The van der Waals surface area contributed by atoms with Crippen molar-refractivity contribution in [1.82, 2.24) is 29.4 Å². The number of carbonyl (C=O) groups is 12. The molecule has 26 nitrogen and oxygen atoms in total. The Morgan fingerprint density at radius 1 is 0.323 bits per heavy atom. The fourth-order valence-electron chi connectivity index (χ4n) is 12.8. The molecule has 17 unspecified atom stereocenters. The van der Waals surface area contributed by atoms with Crippen molar-refractivity contribution in [3.05, 3.63) is 0 Å². The van der Waals surface area contributed by atoms with Crippen molar-refractivity contribution in [2.24, 2.45) is 0 Å². The van der Waals surface area contributed by atoms with Crippen molar-refractivity contribution in [3.63, 3.8) is 0 Å². The number of esters is 2. The number of carboxylic acids is 6. The number of methoxy groups -OCH3 is 2. The summed E-state index contributed by atoms with van der Waals surface area (Å²) in [5.74, 6) is 5.80. The largest absolute Gasteiger partial charge is 0.481 e. The van der Waals surface area contributed by atoms with Crippen molar-refractivity contribution in [2.45, 2.75) is 193 Å². The number of ether oxygens (including phenoxy) is 2. The Kier molecular flexibility index (Phi) is 33.5. The van der Waals surface area contributed by atoms with Gasteiger partial charge in [0.2, 0.25) is 6.04 Å². The molecule has 0 radical (unpaired) electrons. The number of carbonyl (C=O) groups excluding carboxylic acids is 6. The van der Waals surface area contributed by atoms with Crippen molar-refractivity contribution in [2.75, 3.05) is 83.3 Å². The first-order valence-corrected chi connectivity index (χ1v) is 43.8. The third-order valence-corrected chi connectivity index (χ3v) is 35.5. The summed E-state index contributed by atoms with van der Waals surface area (Å²) in [6.45, 7) is 6.38. The maximum absolute atomic E-state index is 11.8. The van der Waals surface area contributed by atoms with Gasteiger partial charge in [-0.2, -0.15) is 0 Å². The molecule has 12 saturated heterocycles. The first-order chi connectivity index (χ1) is 45.7. The number of aliphatic carboxylic acids is 6. The third kappa shape index (κ3) is 21.7. The molecule has 0 spiro atoms. The highest BCUT2D eigenvalue weighted by Crippen LogP contribution is 2.50. The molecular weight excluding hydrogens is 1490 g/mol. The number of fused-ring (bicyclic) bond motifs is 12. The Morgan fingerprint density at radius 3 is 0.854 bits per heavy atom. The summed E-state index contributed by atoms with van der Waals surface area (Å²) in [6, 6.07) is -3.32. The summed E-state index contributed by atoms with van der Waals surface area (Å²) in [4.78, 5) is 146. The molecule has 38 heteroatoms. The number of ketones is 4. The summed E-state index contributed by atoms with van der Waals surface area (Å²) in [7, 11) is 2.72. The molecular formula is C58H86N6O20S12. The van der Waals surface area contributed by atoms with Crippen LogP contribution in [0.4, 0.5) is 0 Å². The van der Waals surface area contributed by atoms with Crippen molar-refractivity contribution < 1.29 is 97.6 Å². The highest BCUT2D eigenvalue weighted by Gasteiger charge is 2.53. The second kappa shape index (κ2) is 39.3. The first-order valence-electron chi connectivity index (χ1n) is 31.2. The topological polar surface area (TPSA) is 364 Å². The van der Waals surface area contributed by atoms with Gasteiger partial charge in [-0.25, -0.2) is 14.4 Å². The molecule has 12 rings (SSSR count).